The number of benzene rings is 2. The largest absolute Gasteiger partial charge is 0.507 e. The second-order valence-electron chi connectivity index (χ2n) is 4.62. The number of hydrogen-bond acceptors (Lipinski definition) is 3. The number of nitrogens with two attached hydrogens (primary N) is 1. The first-order valence-corrected chi connectivity index (χ1v) is 6.22. The van der Waals surface area contributed by atoms with E-state index in [2.05, 4.69) is 4.99 Å². The summed E-state index contributed by atoms with van der Waals surface area (Å²) in [6.45, 7) is 4.36. The zero-order valence-electron chi connectivity index (χ0n) is 11.2. The Morgan fingerprint density at radius 3 is 2.63 bits per heavy atom. The molecule has 0 spiro atoms. The molecule has 2 rings (SSSR count). The highest BCUT2D eigenvalue weighted by Crippen LogP contribution is 2.20. The number of phenolic OH excluding ortho intramolecular Hbond substituents is 1. The number of nitrogens with zero attached hydrogens (tertiary/aromatic N) is 1. The number of nitrogen functional groups attached to an aromatic ring is 1. The molecule has 0 aromatic heterocycles. The maximum Gasteiger partial charge on any atom is 0.124 e. The summed E-state index contributed by atoms with van der Waals surface area (Å²) in [6.07, 6.45) is 0. The second-order valence-corrected chi connectivity index (χ2v) is 4.62. The van der Waals surface area contributed by atoms with Gasteiger partial charge in [-0.1, -0.05) is 24.3 Å². The van der Waals surface area contributed by atoms with Crippen LogP contribution in [0.25, 0.3) is 0 Å². The van der Waals surface area contributed by atoms with Gasteiger partial charge in [0.1, 0.15) is 5.75 Å². The van der Waals surface area contributed by atoms with Crippen molar-refractivity contribution >= 4 is 11.4 Å². The lowest BCUT2D eigenvalue weighted by Crippen LogP contribution is -1.98. The fraction of sp³-hybridized carbons (Fsp3) is 0.188. The number of para-hydroxylation sites is 1. The summed E-state index contributed by atoms with van der Waals surface area (Å²) < 4.78 is 0. The molecule has 19 heavy (non-hydrogen) atoms. The van der Waals surface area contributed by atoms with Crippen molar-refractivity contribution in [1.82, 2.24) is 0 Å². The first kappa shape index (κ1) is 13.1. The predicted octanol–water partition coefficient (Wildman–Crippen LogP) is 3.29. The van der Waals surface area contributed by atoms with Crippen molar-refractivity contribution in [3.63, 3.8) is 0 Å². The lowest BCUT2D eigenvalue weighted by Gasteiger charge is -2.06. The molecule has 0 amide bonds. The van der Waals surface area contributed by atoms with Crippen LogP contribution in [0.2, 0.25) is 0 Å². The second kappa shape index (κ2) is 5.57. The summed E-state index contributed by atoms with van der Waals surface area (Å²) in [6, 6.07) is 13.3. The highest BCUT2D eigenvalue weighted by atomic mass is 16.3. The molecular weight excluding hydrogens is 236 g/mol. The van der Waals surface area contributed by atoms with Crippen LogP contribution in [0.5, 0.6) is 5.75 Å². The molecule has 0 aliphatic heterocycles. The van der Waals surface area contributed by atoms with Gasteiger partial charge >= 0.3 is 0 Å². The third-order valence-corrected chi connectivity index (χ3v) is 3.08. The van der Waals surface area contributed by atoms with Gasteiger partial charge < -0.3 is 10.8 Å². The monoisotopic (exact) mass is 254 g/mol. The van der Waals surface area contributed by atoms with Gasteiger partial charge in [-0.25, -0.2) is 0 Å². The third kappa shape index (κ3) is 3.13. The summed E-state index contributed by atoms with van der Waals surface area (Å²) in [4.78, 5) is 4.49. The lowest BCUT2D eigenvalue weighted by molar-refractivity contribution is 0.473. The van der Waals surface area contributed by atoms with Crippen LogP contribution in [-0.4, -0.2) is 10.8 Å². The Bertz CT molecular complexity index is 618. The summed E-state index contributed by atoms with van der Waals surface area (Å²) in [5.74, 6) is 0.266. The minimum absolute atomic E-state index is 0.266. The quantitative estimate of drug-likeness (QED) is 0.652. The highest BCUT2D eigenvalue weighted by Gasteiger charge is 2.04. The van der Waals surface area contributed by atoms with E-state index in [-0.39, 0.29) is 5.75 Å². The van der Waals surface area contributed by atoms with E-state index in [1.807, 2.05) is 50.2 Å². The van der Waals surface area contributed by atoms with E-state index in [1.54, 1.807) is 6.07 Å². The van der Waals surface area contributed by atoms with Gasteiger partial charge in [0.25, 0.3) is 0 Å². The number of aliphatic imine (C=N–C) groups is 1. The Hall–Kier alpha value is -2.29. The van der Waals surface area contributed by atoms with Gasteiger partial charge in [0, 0.05) is 17.0 Å². The Balaban J connectivity index is 2.22. The predicted molar refractivity (Wildman–Crippen MR) is 79.6 cm³/mol. The molecule has 0 fully saturated rings. The average molecular weight is 254 g/mol. The van der Waals surface area contributed by atoms with Gasteiger partial charge in [-0.15, -0.1) is 0 Å². The van der Waals surface area contributed by atoms with Gasteiger partial charge in [-0.05, 0) is 43.2 Å². The molecule has 0 radical (unpaired) electrons. The van der Waals surface area contributed by atoms with Crippen LogP contribution in [0.4, 0.5) is 5.69 Å². The van der Waals surface area contributed by atoms with E-state index >= 15 is 0 Å². The number of hydrogen-bond donors (Lipinski definition) is 2. The van der Waals surface area contributed by atoms with Crippen LogP contribution in [0.15, 0.2) is 47.5 Å². The topological polar surface area (TPSA) is 58.6 Å². The van der Waals surface area contributed by atoms with E-state index in [4.69, 9.17) is 5.73 Å². The molecule has 0 unspecified atom stereocenters. The molecule has 2 aromatic carbocycles. The molecule has 2 aromatic rings. The molecule has 0 atom stereocenters. The summed E-state index contributed by atoms with van der Waals surface area (Å²) >= 11 is 0. The molecule has 0 saturated heterocycles. The van der Waals surface area contributed by atoms with Gasteiger partial charge in [0.05, 0.1) is 6.54 Å². The van der Waals surface area contributed by atoms with E-state index in [0.717, 1.165) is 28.1 Å². The van der Waals surface area contributed by atoms with Crippen molar-refractivity contribution < 1.29 is 5.11 Å². The zero-order chi connectivity index (χ0) is 13.8. The summed E-state index contributed by atoms with van der Waals surface area (Å²) in [5.41, 5.74) is 10.2. The van der Waals surface area contributed by atoms with E-state index in [0.29, 0.717) is 6.54 Å². The molecule has 0 saturated carbocycles. The van der Waals surface area contributed by atoms with Gasteiger partial charge in [-0.3, -0.25) is 4.99 Å². The Morgan fingerprint density at radius 2 is 1.95 bits per heavy atom. The smallest absolute Gasteiger partial charge is 0.124 e. The maximum atomic E-state index is 9.91. The van der Waals surface area contributed by atoms with Crippen molar-refractivity contribution in [2.24, 2.45) is 4.99 Å². The van der Waals surface area contributed by atoms with Gasteiger partial charge in [-0.2, -0.15) is 0 Å². The van der Waals surface area contributed by atoms with Crippen molar-refractivity contribution in [3.05, 3.63) is 59.2 Å². The van der Waals surface area contributed by atoms with E-state index < -0.39 is 0 Å². The van der Waals surface area contributed by atoms with Crippen LogP contribution in [-0.2, 0) is 6.54 Å². The van der Waals surface area contributed by atoms with Gasteiger partial charge in [0.2, 0.25) is 0 Å². The Kier molecular flexibility index (Phi) is 3.85. The molecule has 0 aliphatic rings. The maximum absolute atomic E-state index is 9.91. The van der Waals surface area contributed by atoms with E-state index in [9.17, 15) is 5.11 Å². The van der Waals surface area contributed by atoms with Crippen molar-refractivity contribution in [1.29, 1.82) is 0 Å². The molecule has 0 bridgehead atoms. The SMILES string of the molecule is C/C(=N\Cc1ccccc1N)c1ccc(C)cc1O. The van der Waals surface area contributed by atoms with Crippen LogP contribution in [0.3, 0.4) is 0 Å². The van der Waals surface area contributed by atoms with Crippen LogP contribution in [0, 0.1) is 6.92 Å². The van der Waals surface area contributed by atoms with E-state index in [1.165, 1.54) is 0 Å². The molecule has 3 N–H and O–H groups in total. The van der Waals surface area contributed by atoms with Crippen molar-refractivity contribution in [2.75, 3.05) is 5.73 Å². The van der Waals surface area contributed by atoms with Gasteiger partial charge in [0.15, 0.2) is 0 Å². The first-order chi connectivity index (χ1) is 9.08. The Morgan fingerprint density at radius 1 is 1.21 bits per heavy atom. The molecule has 3 nitrogen and oxygen atoms in total. The molecule has 0 heterocycles. The van der Waals surface area contributed by atoms with Crippen molar-refractivity contribution in [3.8, 4) is 5.75 Å². The average Bonchev–Trinajstić information content (AvgIpc) is 2.37. The normalized spacial score (nSPS) is 11.6. The minimum Gasteiger partial charge on any atom is -0.507 e. The highest BCUT2D eigenvalue weighted by molar-refractivity contribution is 6.01. The zero-order valence-corrected chi connectivity index (χ0v) is 11.2. The van der Waals surface area contributed by atoms with Crippen LogP contribution >= 0.6 is 0 Å². The minimum atomic E-state index is 0.266. The number of anilines is 1. The summed E-state index contributed by atoms with van der Waals surface area (Å²) in [5, 5.41) is 9.91. The standard InChI is InChI=1S/C16H18N2O/c1-11-7-8-14(16(19)9-11)12(2)18-10-13-5-3-4-6-15(13)17/h3-9,19H,10,17H2,1-2H3/b18-12+. The molecule has 98 valence electrons. The summed E-state index contributed by atoms with van der Waals surface area (Å²) in [7, 11) is 0. The number of rotatable bonds is 3. The third-order valence-electron chi connectivity index (χ3n) is 3.08. The molecule has 0 aliphatic carbocycles. The fourth-order valence-corrected chi connectivity index (χ4v) is 1.91. The molecule has 3 heteroatoms. The first-order valence-electron chi connectivity index (χ1n) is 6.22. The van der Waals surface area contributed by atoms with Crippen LogP contribution in [0.1, 0.15) is 23.6 Å². The lowest BCUT2D eigenvalue weighted by atomic mass is 10.1. The van der Waals surface area contributed by atoms with Crippen molar-refractivity contribution in [2.45, 2.75) is 20.4 Å². The molecular formula is C16H18N2O. The Labute approximate surface area is 113 Å². The number of aryl methyl sites for hydroxylation is 1. The number of aromatic hydroxyl groups is 1. The fourth-order valence-electron chi connectivity index (χ4n) is 1.91. The number of phenols is 1. The van der Waals surface area contributed by atoms with Crippen LogP contribution < -0.4 is 5.73 Å².